The van der Waals surface area contributed by atoms with Gasteiger partial charge in [0, 0.05) is 13.0 Å². The van der Waals surface area contributed by atoms with Crippen LogP contribution in [0.4, 0.5) is 13.2 Å². The summed E-state index contributed by atoms with van der Waals surface area (Å²) in [6, 6.07) is 5.03. The van der Waals surface area contributed by atoms with Crippen molar-refractivity contribution in [3.63, 3.8) is 0 Å². The largest absolute Gasteiger partial charge is 0.416 e. The van der Waals surface area contributed by atoms with Crippen LogP contribution in [0, 0.1) is 5.92 Å². The second kappa shape index (κ2) is 6.20. The summed E-state index contributed by atoms with van der Waals surface area (Å²) in [6.07, 6.45) is -4.87. The van der Waals surface area contributed by atoms with Crippen molar-refractivity contribution >= 4 is 0 Å². The molecule has 0 radical (unpaired) electrons. The van der Waals surface area contributed by atoms with Crippen molar-refractivity contribution in [3.8, 4) is 0 Å². The summed E-state index contributed by atoms with van der Waals surface area (Å²) in [5.41, 5.74) is -0.216. The summed E-state index contributed by atoms with van der Waals surface area (Å²) < 4.78 is 42.4. The van der Waals surface area contributed by atoms with Crippen LogP contribution in [0.25, 0.3) is 0 Å². The summed E-state index contributed by atoms with van der Waals surface area (Å²) in [5.74, 6) is -0.121. The molecule has 1 rings (SSSR count). The highest BCUT2D eigenvalue weighted by atomic mass is 19.4. The van der Waals surface area contributed by atoms with Crippen molar-refractivity contribution in [3.05, 3.63) is 35.4 Å². The molecular formula is C13H17F3O2. The van der Waals surface area contributed by atoms with E-state index in [2.05, 4.69) is 0 Å². The highest BCUT2D eigenvalue weighted by Gasteiger charge is 2.30. The third-order valence-electron chi connectivity index (χ3n) is 2.79. The number of aliphatic hydroxyl groups excluding tert-OH is 1. The minimum Gasteiger partial charge on any atom is -0.392 e. The molecular weight excluding hydrogens is 245 g/mol. The van der Waals surface area contributed by atoms with Gasteiger partial charge in [0.25, 0.3) is 0 Å². The van der Waals surface area contributed by atoms with Crippen molar-refractivity contribution in [1.82, 2.24) is 0 Å². The van der Waals surface area contributed by atoms with Crippen molar-refractivity contribution in [2.24, 2.45) is 5.92 Å². The van der Waals surface area contributed by atoms with Gasteiger partial charge in [-0.3, -0.25) is 0 Å². The van der Waals surface area contributed by atoms with Gasteiger partial charge in [0.2, 0.25) is 0 Å². The Hall–Kier alpha value is -1.07. The van der Waals surface area contributed by atoms with E-state index >= 15 is 0 Å². The highest BCUT2D eigenvalue weighted by molar-refractivity contribution is 5.26. The van der Waals surface area contributed by atoms with Crippen LogP contribution in [-0.4, -0.2) is 24.9 Å². The number of aliphatic hydroxyl groups is 1. The van der Waals surface area contributed by atoms with Gasteiger partial charge in [0.15, 0.2) is 0 Å². The first-order valence-corrected chi connectivity index (χ1v) is 5.67. The number of methoxy groups -OCH3 is 1. The molecule has 0 spiro atoms. The Bertz CT molecular complexity index is 377. The predicted molar refractivity (Wildman–Crippen MR) is 62.2 cm³/mol. The Balaban J connectivity index is 2.73. The van der Waals surface area contributed by atoms with Crippen molar-refractivity contribution in [1.29, 1.82) is 0 Å². The second-order valence-corrected chi connectivity index (χ2v) is 4.40. The van der Waals surface area contributed by atoms with Crippen LogP contribution in [0.15, 0.2) is 24.3 Å². The van der Waals surface area contributed by atoms with E-state index < -0.39 is 17.8 Å². The van der Waals surface area contributed by atoms with Crippen molar-refractivity contribution in [2.75, 3.05) is 13.7 Å². The van der Waals surface area contributed by atoms with Crippen molar-refractivity contribution in [2.45, 2.75) is 25.6 Å². The van der Waals surface area contributed by atoms with E-state index in [1.54, 1.807) is 13.0 Å². The Morgan fingerprint density at radius 1 is 1.33 bits per heavy atom. The average molecular weight is 262 g/mol. The Morgan fingerprint density at radius 3 is 2.56 bits per heavy atom. The lowest BCUT2D eigenvalue weighted by atomic mass is 9.97. The van der Waals surface area contributed by atoms with Crippen molar-refractivity contribution < 1.29 is 23.0 Å². The topological polar surface area (TPSA) is 29.5 Å². The van der Waals surface area contributed by atoms with Gasteiger partial charge in [-0.1, -0.05) is 25.1 Å². The lowest BCUT2D eigenvalue weighted by Gasteiger charge is -2.18. The molecule has 0 heterocycles. The molecule has 2 unspecified atom stereocenters. The number of alkyl halides is 3. The van der Waals surface area contributed by atoms with E-state index in [1.807, 2.05) is 0 Å². The minimum absolute atomic E-state index is 0.121. The van der Waals surface area contributed by atoms with Crippen LogP contribution in [-0.2, 0) is 17.3 Å². The second-order valence-electron chi connectivity index (χ2n) is 4.40. The molecule has 5 heteroatoms. The summed E-state index contributed by atoms with van der Waals surface area (Å²) in [4.78, 5) is 0. The van der Waals surface area contributed by atoms with Gasteiger partial charge >= 0.3 is 6.18 Å². The molecule has 0 aliphatic carbocycles. The maximum absolute atomic E-state index is 12.5. The minimum atomic E-state index is -4.35. The molecule has 0 saturated heterocycles. The van der Waals surface area contributed by atoms with Crippen LogP contribution >= 0.6 is 0 Å². The van der Waals surface area contributed by atoms with Crippen LogP contribution in [0.3, 0.4) is 0 Å². The van der Waals surface area contributed by atoms with E-state index in [1.165, 1.54) is 13.2 Å². The number of rotatable bonds is 5. The Labute approximate surface area is 104 Å². The third-order valence-corrected chi connectivity index (χ3v) is 2.79. The van der Waals surface area contributed by atoms with E-state index in [0.29, 0.717) is 12.2 Å². The molecule has 18 heavy (non-hydrogen) atoms. The van der Waals surface area contributed by atoms with Gasteiger partial charge in [0.05, 0.1) is 18.3 Å². The molecule has 102 valence electrons. The van der Waals surface area contributed by atoms with Crippen LogP contribution in [0.5, 0.6) is 0 Å². The summed E-state index contributed by atoms with van der Waals surface area (Å²) in [5, 5.41) is 9.83. The number of ether oxygens (including phenoxy) is 1. The zero-order chi connectivity index (χ0) is 13.8. The Morgan fingerprint density at radius 2 is 2.00 bits per heavy atom. The fourth-order valence-corrected chi connectivity index (χ4v) is 1.69. The zero-order valence-electron chi connectivity index (χ0n) is 10.4. The lowest BCUT2D eigenvalue weighted by Crippen LogP contribution is -2.24. The van der Waals surface area contributed by atoms with Gasteiger partial charge in [-0.05, 0) is 18.1 Å². The smallest absolute Gasteiger partial charge is 0.392 e. The zero-order valence-corrected chi connectivity index (χ0v) is 10.4. The third kappa shape index (κ3) is 4.31. The highest BCUT2D eigenvalue weighted by Crippen LogP contribution is 2.29. The molecule has 1 aromatic rings. The fourth-order valence-electron chi connectivity index (χ4n) is 1.69. The summed E-state index contributed by atoms with van der Waals surface area (Å²) in [7, 11) is 1.52. The van der Waals surface area contributed by atoms with E-state index in [9.17, 15) is 18.3 Å². The number of benzene rings is 1. The number of hydrogen-bond acceptors (Lipinski definition) is 2. The SMILES string of the molecule is COCC(C)C(O)Cc1cccc(C(F)(F)F)c1. The molecule has 0 aromatic heterocycles. The molecule has 0 amide bonds. The summed E-state index contributed by atoms with van der Waals surface area (Å²) >= 11 is 0. The van der Waals surface area contributed by atoms with Gasteiger partial charge in [-0.2, -0.15) is 13.2 Å². The molecule has 2 nitrogen and oxygen atoms in total. The molecule has 1 N–H and O–H groups in total. The van der Waals surface area contributed by atoms with E-state index in [-0.39, 0.29) is 12.3 Å². The molecule has 0 bridgehead atoms. The average Bonchev–Trinajstić information content (AvgIpc) is 2.28. The molecule has 0 saturated carbocycles. The monoisotopic (exact) mass is 262 g/mol. The maximum atomic E-state index is 12.5. The van der Waals surface area contributed by atoms with Gasteiger partial charge in [0.1, 0.15) is 0 Å². The van der Waals surface area contributed by atoms with E-state index in [4.69, 9.17) is 4.74 Å². The first-order chi connectivity index (χ1) is 8.34. The van der Waals surface area contributed by atoms with Crippen LogP contribution in [0.2, 0.25) is 0 Å². The number of halogens is 3. The van der Waals surface area contributed by atoms with E-state index in [0.717, 1.165) is 12.1 Å². The van der Waals surface area contributed by atoms with Gasteiger partial charge in [-0.15, -0.1) is 0 Å². The van der Waals surface area contributed by atoms with Crippen LogP contribution < -0.4 is 0 Å². The molecule has 0 aliphatic rings. The quantitative estimate of drug-likeness (QED) is 0.884. The first kappa shape index (κ1) is 15.0. The molecule has 0 aliphatic heterocycles. The lowest BCUT2D eigenvalue weighted by molar-refractivity contribution is -0.137. The maximum Gasteiger partial charge on any atom is 0.416 e. The Kier molecular flexibility index (Phi) is 5.16. The van der Waals surface area contributed by atoms with Crippen LogP contribution in [0.1, 0.15) is 18.1 Å². The normalized spacial score (nSPS) is 15.4. The molecule has 2 atom stereocenters. The van der Waals surface area contributed by atoms with Gasteiger partial charge in [-0.25, -0.2) is 0 Å². The molecule has 1 aromatic carbocycles. The number of hydrogen-bond donors (Lipinski definition) is 1. The van der Waals surface area contributed by atoms with Gasteiger partial charge < -0.3 is 9.84 Å². The standard InChI is InChI=1S/C13H17F3O2/c1-9(8-18-2)12(17)7-10-4-3-5-11(6-10)13(14,15)16/h3-6,9,12,17H,7-8H2,1-2H3. The predicted octanol–water partition coefficient (Wildman–Crippen LogP) is 2.89. The fraction of sp³-hybridized carbons (Fsp3) is 0.538. The first-order valence-electron chi connectivity index (χ1n) is 5.67. The molecule has 0 fully saturated rings. The summed E-state index contributed by atoms with van der Waals surface area (Å²) in [6.45, 7) is 2.17.